The Kier molecular flexibility index (Phi) is 8.22. The smallest absolute Gasteiger partial charge is 0.320 e. The van der Waals surface area contributed by atoms with Crippen LogP contribution in [0.3, 0.4) is 0 Å². The monoisotopic (exact) mass is 456 g/mol. The fourth-order valence-electron chi connectivity index (χ4n) is 2.65. The molecule has 2 aromatic rings. The topological polar surface area (TPSA) is 95.5 Å². The number of ketones is 1. The Morgan fingerprint density at radius 2 is 1.83 bits per heavy atom. The van der Waals surface area contributed by atoms with E-state index in [1.165, 1.54) is 17.4 Å². The molecule has 0 aliphatic carbocycles. The first kappa shape index (κ1) is 23.3. The number of halogens is 2. The number of amides is 1. The number of anilines is 1. The lowest BCUT2D eigenvalue weighted by molar-refractivity contribution is -0.140. The molecule has 0 spiro atoms. The average Bonchev–Trinajstić information content (AvgIpc) is 3.05. The van der Waals surface area contributed by atoms with Crippen LogP contribution in [0.4, 0.5) is 5.00 Å². The number of aryl methyl sites for hydroxylation is 1. The van der Waals surface area contributed by atoms with E-state index in [-0.39, 0.29) is 23.3 Å². The van der Waals surface area contributed by atoms with Crippen molar-refractivity contribution >= 4 is 57.2 Å². The molecule has 0 saturated carbocycles. The van der Waals surface area contributed by atoms with Crippen LogP contribution >= 0.6 is 34.5 Å². The molecule has 9 heteroatoms. The third kappa shape index (κ3) is 6.02. The van der Waals surface area contributed by atoms with Crippen LogP contribution in [0.15, 0.2) is 24.3 Å². The summed E-state index contributed by atoms with van der Waals surface area (Å²) in [6.07, 6.45) is 0.703. The van der Waals surface area contributed by atoms with Gasteiger partial charge >= 0.3 is 5.97 Å². The predicted molar refractivity (Wildman–Crippen MR) is 116 cm³/mol. The van der Waals surface area contributed by atoms with Crippen LogP contribution in [-0.2, 0) is 16.0 Å². The molecule has 0 aliphatic heterocycles. The van der Waals surface area contributed by atoms with E-state index in [9.17, 15) is 19.5 Å². The molecule has 2 rings (SSSR count). The summed E-state index contributed by atoms with van der Waals surface area (Å²) in [4.78, 5) is 37.5. The first-order valence-corrected chi connectivity index (χ1v) is 10.6. The maximum Gasteiger partial charge on any atom is 0.320 e. The second-order valence-corrected chi connectivity index (χ2v) is 8.71. The Balaban J connectivity index is 2.19. The minimum atomic E-state index is -1.02. The number of carbonyl (C=O) groups excluding carboxylic acids is 2. The summed E-state index contributed by atoms with van der Waals surface area (Å²) >= 11 is 13.2. The molecule has 1 atom stereocenters. The maximum absolute atomic E-state index is 12.9. The van der Waals surface area contributed by atoms with Gasteiger partial charge < -0.3 is 10.4 Å². The van der Waals surface area contributed by atoms with E-state index in [4.69, 9.17) is 23.2 Å². The standard InChI is InChI=1S/C20H22Cl2N2O4S/c1-4-12-8-13(18(26)11-5-6-14(21)15(22)7-11)19(29-12)24-16(25)9-23-17(10(2)3)20(27)28/h5-8,10,17,23H,4,9H2,1-3H3,(H,24,25)(H,27,28). The van der Waals surface area contributed by atoms with Crippen molar-refractivity contribution in [3.63, 3.8) is 0 Å². The molecule has 6 nitrogen and oxygen atoms in total. The highest BCUT2D eigenvalue weighted by molar-refractivity contribution is 7.16. The van der Waals surface area contributed by atoms with Gasteiger partial charge in [0, 0.05) is 10.4 Å². The van der Waals surface area contributed by atoms with Crippen molar-refractivity contribution in [3.05, 3.63) is 50.3 Å². The third-order valence-corrected chi connectivity index (χ3v) is 6.16. The van der Waals surface area contributed by atoms with Crippen molar-refractivity contribution in [2.24, 2.45) is 5.92 Å². The molecule has 0 fully saturated rings. The second kappa shape index (κ2) is 10.2. The number of rotatable bonds is 9. The zero-order chi connectivity index (χ0) is 21.7. The van der Waals surface area contributed by atoms with Crippen molar-refractivity contribution in [1.82, 2.24) is 5.32 Å². The second-order valence-electron chi connectivity index (χ2n) is 6.76. The van der Waals surface area contributed by atoms with Crippen molar-refractivity contribution in [2.45, 2.75) is 33.2 Å². The van der Waals surface area contributed by atoms with Gasteiger partial charge in [-0.05, 0) is 36.6 Å². The molecule has 0 radical (unpaired) electrons. The quantitative estimate of drug-likeness (QED) is 0.483. The molecular weight excluding hydrogens is 435 g/mol. The summed E-state index contributed by atoms with van der Waals surface area (Å²) in [5.41, 5.74) is 0.719. The van der Waals surface area contributed by atoms with Gasteiger partial charge in [0.05, 0.1) is 22.2 Å². The van der Waals surface area contributed by atoms with Crippen molar-refractivity contribution < 1.29 is 19.5 Å². The Labute approximate surface area is 183 Å². The van der Waals surface area contributed by atoms with Crippen LogP contribution in [0.1, 0.15) is 41.6 Å². The number of hydrogen-bond acceptors (Lipinski definition) is 5. The van der Waals surface area contributed by atoms with Crippen LogP contribution in [-0.4, -0.2) is 35.4 Å². The third-order valence-electron chi connectivity index (χ3n) is 4.23. The summed E-state index contributed by atoms with van der Waals surface area (Å²) in [5.74, 6) is -1.91. The zero-order valence-corrected chi connectivity index (χ0v) is 18.5. The van der Waals surface area contributed by atoms with Gasteiger partial charge in [0.2, 0.25) is 5.91 Å². The van der Waals surface area contributed by atoms with Crippen LogP contribution < -0.4 is 10.6 Å². The van der Waals surface area contributed by atoms with E-state index in [1.807, 2.05) is 6.92 Å². The van der Waals surface area contributed by atoms with Gasteiger partial charge in [-0.25, -0.2) is 0 Å². The van der Waals surface area contributed by atoms with E-state index < -0.39 is 17.9 Å². The number of thiophene rings is 1. The fraction of sp³-hybridized carbons (Fsp3) is 0.350. The van der Waals surface area contributed by atoms with Gasteiger partial charge in [0.15, 0.2) is 5.78 Å². The number of benzene rings is 1. The van der Waals surface area contributed by atoms with Gasteiger partial charge in [-0.15, -0.1) is 11.3 Å². The molecule has 0 bridgehead atoms. The lowest BCUT2D eigenvalue weighted by Gasteiger charge is -2.17. The molecule has 1 heterocycles. The first-order chi connectivity index (χ1) is 13.6. The van der Waals surface area contributed by atoms with Crippen LogP contribution in [0.25, 0.3) is 0 Å². The van der Waals surface area contributed by atoms with E-state index in [2.05, 4.69) is 10.6 Å². The van der Waals surface area contributed by atoms with Crippen LogP contribution in [0, 0.1) is 5.92 Å². The summed E-state index contributed by atoms with van der Waals surface area (Å²) in [5, 5.41) is 15.7. The lowest BCUT2D eigenvalue weighted by atomic mass is 10.0. The molecular formula is C20H22Cl2N2O4S. The summed E-state index contributed by atoms with van der Waals surface area (Å²) < 4.78 is 0. The van der Waals surface area contributed by atoms with E-state index in [0.717, 1.165) is 4.88 Å². The maximum atomic E-state index is 12.9. The molecule has 1 aromatic carbocycles. The Morgan fingerprint density at radius 3 is 2.38 bits per heavy atom. The summed E-state index contributed by atoms with van der Waals surface area (Å²) in [6.45, 7) is 5.27. The molecule has 156 valence electrons. The molecule has 0 saturated heterocycles. The summed E-state index contributed by atoms with van der Waals surface area (Å²) in [6, 6.07) is 5.51. The highest BCUT2D eigenvalue weighted by Crippen LogP contribution is 2.32. The number of aliphatic carboxylic acids is 1. The minimum Gasteiger partial charge on any atom is -0.480 e. The van der Waals surface area contributed by atoms with E-state index >= 15 is 0 Å². The highest BCUT2D eigenvalue weighted by Gasteiger charge is 2.23. The number of hydrogen-bond donors (Lipinski definition) is 3. The van der Waals surface area contributed by atoms with E-state index in [0.29, 0.717) is 27.6 Å². The van der Waals surface area contributed by atoms with Gasteiger partial charge in [-0.3, -0.25) is 19.7 Å². The number of nitrogens with one attached hydrogen (secondary N) is 2. The number of carboxylic acids is 1. The average molecular weight is 457 g/mol. The highest BCUT2D eigenvalue weighted by atomic mass is 35.5. The Morgan fingerprint density at radius 1 is 1.14 bits per heavy atom. The molecule has 3 N–H and O–H groups in total. The normalized spacial score (nSPS) is 12.1. The number of carboxylic acid groups (broad SMARTS) is 1. The largest absolute Gasteiger partial charge is 0.480 e. The van der Waals surface area contributed by atoms with E-state index in [1.54, 1.807) is 32.0 Å². The molecule has 1 amide bonds. The number of carbonyl (C=O) groups is 3. The van der Waals surface area contributed by atoms with Gasteiger partial charge in [-0.1, -0.05) is 44.0 Å². The fourth-order valence-corrected chi connectivity index (χ4v) is 3.96. The lowest BCUT2D eigenvalue weighted by Crippen LogP contribution is -2.44. The van der Waals surface area contributed by atoms with Gasteiger partial charge in [0.1, 0.15) is 11.0 Å². The summed E-state index contributed by atoms with van der Waals surface area (Å²) in [7, 11) is 0. The zero-order valence-electron chi connectivity index (χ0n) is 16.2. The first-order valence-electron chi connectivity index (χ1n) is 9.02. The Bertz CT molecular complexity index is 927. The Hall–Kier alpha value is -1.93. The van der Waals surface area contributed by atoms with Crippen molar-refractivity contribution in [2.75, 3.05) is 11.9 Å². The molecule has 0 aliphatic rings. The minimum absolute atomic E-state index is 0.180. The van der Waals surface area contributed by atoms with Crippen LogP contribution in [0.2, 0.25) is 10.0 Å². The molecule has 1 unspecified atom stereocenters. The molecule has 1 aromatic heterocycles. The predicted octanol–water partition coefficient (Wildman–Crippen LogP) is 4.49. The molecule has 29 heavy (non-hydrogen) atoms. The van der Waals surface area contributed by atoms with Crippen LogP contribution in [0.5, 0.6) is 0 Å². The van der Waals surface area contributed by atoms with Gasteiger partial charge in [-0.2, -0.15) is 0 Å². The van der Waals surface area contributed by atoms with Gasteiger partial charge in [0.25, 0.3) is 0 Å². The van der Waals surface area contributed by atoms with Crippen molar-refractivity contribution in [3.8, 4) is 0 Å². The van der Waals surface area contributed by atoms with Crippen molar-refractivity contribution in [1.29, 1.82) is 0 Å². The SMILES string of the molecule is CCc1cc(C(=O)c2ccc(Cl)c(Cl)c2)c(NC(=O)CNC(C(=O)O)C(C)C)s1.